The van der Waals surface area contributed by atoms with Crippen molar-refractivity contribution in [1.82, 2.24) is 9.78 Å². The molecule has 2 heterocycles. The van der Waals surface area contributed by atoms with Crippen LogP contribution < -0.4 is 5.73 Å². The standard InChI is InChI=1S/C14H15N5O/c1-8-12(7-19(2)18-8)9-3-4-10-11(5-9)13(6-15)16-17-14(10)20/h3-5,7,13H,6,15H2,1-2H3. The Bertz CT molecular complexity index is 716. The summed E-state index contributed by atoms with van der Waals surface area (Å²) in [6.45, 7) is 2.29. The van der Waals surface area contributed by atoms with Gasteiger partial charge in [0.15, 0.2) is 0 Å². The monoisotopic (exact) mass is 269 g/mol. The van der Waals surface area contributed by atoms with Crippen LogP contribution >= 0.6 is 0 Å². The van der Waals surface area contributed by atoms with Crippen LogP contribution in [0.1, 0.15) is 27.7 Å². The molecular weight excluding hydrogens is 254 g/mol. The quantitative estimate of drug-likeness (QED) is 0.904. The summed E-state index contributed by atoms with van der Waals surface area (Å²) in [7, 11) is 1.88. The van der Waals surface area contributed by atoms with Gasteiger partial charge in [-0.05, 0) is 30.2 Å². The lowest BCUT2D eigenvalue weighted by atomic mass is 9.94. The zero-order valence-corrected chi connectivity index (χ0v) is 11.4. The Kier molecular flexibility index (Phi) is 2.94. The van der Waals surface area contributed by atoms with E-state index in [1.165, 1.54) is 0 Å². The molecule has 3 rings (SSSR count). The zero-order chi connectivity index (χ0) is 14.3. The molecule has 1 aliphatic heterocycles. The molecule has 0 saturated heterocycles. The molecular formula is C14H15N5O. The van der Waals surface area contributed by atoms with E-state index in [9.17, 15) is 4.79 Å². The van der Waals surface area contributed by atoms with Gasteiger partial charge in [-0.25, -0.2) is 0 Å². The van der Waals surface area contributed by atoms with E-state index in [1.807, 2.05) is 32.3 Å². The average molecular weight is 269 g/mol. The maximum absolute atomic E-state index is 11.7. The molecule has 102 valence electrons. The topological polar surface area (TPSA) is 85.6 Å². The summed E-state index contributed by atoms with van der Waals surface area (Å²) in [6.07, 6.45) is 1.96. The lowest BCUT2D eigenvalue weighted by Crippen LogP contribution is -2.17. The number of nitrogens with two attached hydrogens (primary N) is 1. The van der Waals surface area contributed by atoms with E-state index < -0.39 is 0 Å². The highest BCUT2D eigenvalue weighted by molar-refractivity contribution is 5.97. The number of azo groups is 1. The fourth-order valence-electron chi connectivity index (χ4n) is 2.50. The third kappa shape index (κ3) is 1.94. The summed E-state index contributed by atoms with van der Waals surface area (Å²) < 4.78 is 1.77. The van der Waals surface area contributed by atoms with Gasteiger partial charge in [0.2, 0.25) is 0 Å². The fourth-order valence-corrected chi connectivity index (χ4v) is 2.50. The van der Waals surface area contributed by atoms with Gasteiger partial charge in [-0.1, -0.05) is 6.07 Å². The number of nitrogens with zero attached hydrogens (tertiary/aromatic N) is 4. The summed E-state index contributed by atoms with van der Waals surface area (Å²) in [4.78, 5) is 11.7. The molecule has 1 atom stereocenters. The van der Waals surface area contributed by atoms with Crippen molar-refractivity contribution < 1.29 is 4.79 Å². The van der Waals surface area contributed by atoms with Crippen LogP contribution in [0.3, 0.4) is 0 Å². The molecule has 0 radical (unpaired) electrons. The molecule has 1 amide bonds. The van der Waals surface area contributed by atoms with E-state index in [4.69, 9.17) is 5.73 Å². The Labute approximate surface area is 116 Å². The van der Waals surface area contributed by atoms with Crippen LogP contribution in [0.4, 0.5) is 0 Å². The van der Waals surface area contributed by atoms with Crippen LogP contribution in [0, 0.1) is 6.92 Å². The minimum Gasteiger partial charge on any atom is -0.328 e. The molecule has 1 aromatic heterocycles. The highest BCUT2D eigenvalue weighted by Gasteiger charge is 2.23. The molecule has 0 bridgehead atoms. The number of carbonyl (C=O) groups excluding carboxylic acids is 1. The average Bonchev–Trinajstić information content (AvgIpc) is 2.78. The largest absolute Gasteiger partial charge is 0.328 e. The van der Waals surface area contributed by atoms with E-state index in [1.54, 1.807) is 10.7 Å². The summed E-state index contributed by atoms with van der Waals surface area (Å²) in [6, 6.07) is 5.42. The van der Waals surface area contributed by atoms with Crippen LogP contribution in [-0.2, 0) is 7.05 Å². The van der Waals surface area contributed by atoms with Crippen molar-refractivity contribution in [3.8, 4) is 11.1 Å². The predicted octanol–water partition coefficient (Wildman–Crippen LogP) is 2.00. The highest BCUT2D eigenvalue weighted by atomic mass is 16.1. The first-order valence-electron chi connectivity index (χ1n) is 6.40. The third-order valence-electron chi connectivity index (χ3n) is 3.48. The first-order chi connectivity index (χ1) is 9.60. The first-order valence-corrected chi connectivity index (χ1v) is 6.40. The van der Waals surface area contributed by atoms with Crippen molar-refractivity contribution in [3.63, 3.8) is 0 Å². The van der Waals surface area contributed by atoms with Gasteiger partial charge in [0.05, 0.1) is 5.69 Å². The molecule has 6 nitrogen and oxygen atoms in total. The van der Waals surface area contributed by atoms with Crippen molar-refractivity contribution in [3.05, 3.63) is 41.2 Å². The molecule has 0 fully saturated rings. The number of amides is 1. The smallest absolute Gasteiger partial charge is 0.295 e. The van der Waals surface area contributed by atoms with Gasteiger partial charge in [0.1, 0.15) is 6.04 Å². The summed E-state index contributed by atoms with van der Waals surface area (Å²) in [5.74, 6) is -0.306. The van der Waals surface area contributed by atoms with Gasteiger partial charge < -0.3 is 5.73 Å². The van der Waals surface area contributed by atoms with Crippen molar-refractivity contribution in [2.24, 2.45) is 23.0 Å². The second-order valence-corrected chi connectivity index (χ2v) is 4.88. The van der Waals surface area contributed by atoms with Crippen LogP contribution in [0.15, 0.2) is 34.6 Å². The first kappa shape index (κ1) is 12.7. The Morgan fingerprint density at radius 2 is 2.15 bits per heavy atom. The number of carbonyl (C=O) groups is 1. The number of hydrogen-bond acceptors (Lipinski definition) is 4. The maximum atomic E-state index is 11.7. The summed E-state index contributed by atoms with van der Waals surface area (Å²) in [5, 5.41) is 11.9. The molecule has 2 aromatic rings. The number of aryl methyl sites for hydroxylation is 2. The Morgan fingerprint density at radius 1 is 1.35 bits per heavy atom. The van der Waals surface area contributed by atoms with Gasteiger partial charge in [0, 0.05) is 30.9 Å². The van der Waals surface area contributed by atoms with Gasteiger partial charge in [-0.3, -0.25) is 9.48 Å². The van der Waals surface area contributed by atoms with Crippen molar-refractivity contribution >= 4 is 5.91 Å². The maximum Gasteiger partial charge on any atom is 0.295 e. The number of hydrogen-bond donors (Lipinski definition) is 1. The molecule has 2 N–H and O–H groups in total. The number of fused-ring (bicyclic) bond motifs is 1. The van der Waals surface area contributed by atoms with Crippen molar-refractivity contribution in [1.29, 1.82) is 0 Å². The van der Waals surface area contributed by atoms with Gasteiger partial charge in [-0.15, -0.1) is 5.11 Å². The van der Waals surface area contributed by atoms with E-state index in [2.05, 4.69) is 15.3 Å². The molecule has 0 spiro atoms. The SMILES string of the molecule is Cc1nn(C)cc1-c1ccc2c(c1)C(CN)N=NC2=O. The molecule has 1 aromatic carbocycles. The second kappa shape index (κ2) is 4.64. The minimum absolute atomic E-state index is 0.250. The van der Waals surface area contributed by atoms with Crippen LogP contribution in [0.5, 0.6) is 0 Å². The minimum atomic E-state index is -0.306. The van der Waals surface area contributed by atoms with E-state index in [0.717, 1.165) is 22.4 Å². The molecule has 0 aliphatic carbocycles. The normalized spacial score (nSPS) is 17.4. The highest BCUT2D eigenvalue weighted by Crippen LogP contribution is 2.32. The molecule has 20 heavy (non-hydrogen) atoms. The van der Waals surface area contributed by atoms with E-state index >= 15 is 0 Å². The zero-order valence-electron chi connectivity index (χ0n) is 11.4. The van der Waals surface area contributed by atoms with E-state index in [-0.39, 0.29) is 11.9 Å². The van der Waals surface area contributed by atoms with Crippen LogP contribution in [0.25, 0.3) is 11.1 Å². The number of benzene rings is 1. The Balaban J connectivity index is 2.14. The second-order valence-electron chi connectivity index (χ2n) is 4.88. The summed E-state index contributed by atoms with van der Waals surface area (Å²) >= 11 is 0. The predicted molar refractivity (Wildman–Crippen MR) is 74.4 cm³/mol. The third-order valence-corrected chi connectivity index (χ3v) is 3.48. The van der Waals surface area contributed by atoms with Crippen molar-refractivity contribution in [2.45, 2.75) is 13.0 Å². The lowest BCUT2D eigenvalue weighted by Gasteiger charge is -2.17. The number of aromatic nitrogens is 2. The molecule has 1 unspecified atom stereocenters. The van der Waals surface area contributed by atoms with Gasteiger partial charge in [0.25, 0.3) is 5.91 Å². The molecule has 0 saturated carbocycles. The fraction of sp³-hybridized carbons (Fsp3) is 0.286. The molecule has 1 aliphatic rings. The van der Waals surface area contributed by atoms with E-state index in [0.29, 0.717) is 12.1 Å². The van der Waals surface area contributed by atoms with Crippen LogP contribution in [0.2, 0.25) is 0 Å². The summed E-state index contributed by atoms with van der Waals surface area (Å²) in [5.41, 5.74) is 10.1. The lowest BCUT2D eigenvalue weighted by molar-refractivity contribution is 0.0985. The van der Waals surface area contributed by atoms with Crippen LogP contribution in [-0.4, -0.2) is 22.2 Å². The Hall–Kier alpha value is -2.34. The molecule has 6 heteroatoms. The van der Waals surface area contributed by atoms with Gasteiger partial charge in [-0.2, -0.15) is 10.2 Å². The number of rotatable bonds is 2. The Morgan fingerprint density at radius 3 is 2.80 bits per heavy atom. The van der Waals surface area contributed by atoms with Crippen molar-refractivity contribution in [2.75, 3.05) is 6.54 Å². The van der Waals surface area contributed by atoms with Gasteiger partial charge >= 0.3 is 0 Å².